The molecule has 2 rings (SSSR count). The fourth-order valence-electron chi connectivity index (χ4n) is 2.36. The van der Waals surface area contributed by atoms with Gasteiger partial charge in [0.25, 0.3) is 5.89 Å². The molecule has 0 atom stereocenters. The molecule has 0 saturated carbocycles. The Morgan fingerprint density at radius 3 is 2.67 bits per heavy atom. The quantitative estimate of drug-likeness (QED) is 0.843. The molecule has 2 N–H and O–H groups in total. The average Bonchev–Trinajstić information content (AvgIpc) is 3.03. The number of aromatic nitrogens is 3. The van der Waals surface area contributed by atoms with Crippen LogP contribution >= 0.6 is 0 Å². The fraction of sp³-hybridized carbons (Fsp3) is 0.533. The van der Waals surface area contributed by atoms with Gasteiger partial charge in [-0.3, -0.25) is 4.98 Å². The van der Waals surface area contributed by atoms with E-state index in [1.165, 1.54) is 0 Å². The molecule has 0 amide bonds. The van der Waals surface area contributed by atoms with E-state index < -0.39 is 5.60 Å². The van der Waals surface area contributed by atoms with Crippen LogP contribution in [-0.2, 0) is 16.9 Å². The molecular weight excluding hydrogens is 268 g/mol. The van der Waals surface area contributed by atoms with Gasteiger partial charge in [-0.25, -0.2) is 0 Å². The van der Waals surface area contributed by atoms with Crippen LogP contribution in [0.15, 0.2) is 22.9 Å². The van der Waals surface area contributed by atoms with Gasteiger partial charge in [-0.1, -0.05) is 19.0 Å². The van der Waals surface area contributed by atoms with Crippen LogP contribution in [0, 0.1) is 0 Å². The van der Waals surface area contributed by atoms with Crippen molar-refractivity contribution < 1.29 is 9.26 Å². The summed E-state index contributed by atoms with van der Waals surface area (Å²) in [4.78, 5) is 8.68. The highest BCUT2D eigenvalue weighted by Gasteiger charge is 2.34. The molecule has 2 aromatic heterocycles. The Labute approximate surface area is 124 Å². The first-order valence-electron chi connectivity index (χ1n) is 7.32. The second kappa shape index (κ2) is 6.78. The highest BCUT2D eigenvalue weighted by atomic mass is 16.5. The summed E-state index contributed by atoms with van der Waals surface area (Å²) in [7, 11) is 0. The molecule has 2 heterocycles. The van der Waals surface area contributed by atoms with Crippen LogP contribution in [-0.4, -0.2) is 21.7 Å². The molecule has 114 valence electrons. The summed E-state index contributed by atoms with van der Waals surface area (Å²) in [6, 6.07) is 3.69. The smallest absolute Gasteiger partial charge is 0.258 e. The number of rotatable bonds is 7. The first-order valence-corrected chi connectivity index (χ1v) is 7.32. The molecule has 0 saturated heterocycles. The van der Waals surface area contributed by atoms with E-state index in [9.17, 15) is 0 Å². The second-order valence-electron chi connectivity index (χ2n) is 4.80. The third-order valence-corrected chi connectivity index (χ3v) is 3.67. The molecule has 0 spiro atoms. The van der Waals surface area contributed by atoms with E-state index in [0.717, 1.165) is 24.1 Å². The van der Waals surface area contributed by atoms with Gasteiger partial charge in [-0.05, 0) is 31.9 Å². The summed E-state index contributed by atoms with van der Waals surface area (Å²) < 4.78 is 11.3. The lowest BCUT2D eigenvalue weighted by atomic mass is 9.96. The van der Waals surface area contributed by atoms with Gasteiger partial charge in [-0.15, -0.1) is 0 Å². The maximum absolute atomic E-state index is 5.89. The Bertz CT molecular complexity index is 579. The van der Waals surface area contributed by atoms with Crippen molar-refractivity contribution in [2.75, 3.05) is 6.61 Å². The zero-order chi connectivity index (χ0) is 15.3. The van der Waals surface area contributed by atoms with E-state index in [2.05, 4.69) is 29.0 Å². The predicted molar refractivity (Wildman–Crippen MR) is 79.3 cm³/mol. The summed E-state index contributed by atoms with van der Waals surface area (Å²) in [5, 5.41) is 4.12. The predicted octanol–water partition coefficient (Wildman–Crippen LogP) is 2.64. The van der Waals surface area contributed by atoms with E-state index in [0.29, 0.717) is 24.9 Å². The van der Waals surface area contributed by atoms with Crippen LogP contribution in [0.1, 0.15) is 45.1 Å². The van der Waals surface area contributed by atoms with Gasteiger partial charge in [0, 0.05) is 24.9 Å². The van der Waals surface area contributed by atoms with E-state index in [4.69, 9.17) is 15.0 Å². The number of nitrogens with two attached hydrogens (primary N) is 1. The van der Waals surface area contributed by atoms with Crippen LogP contribution in [0.25, 0.3) is 11.5 Å². The lowest BCUT2D eigenvalue weighted by Gasteiger charge is -2.27. The zero-order valence-corrected chi connectivity index (χ0v) is 12.8. The molecule has 0 fully saturated rings. The third-order valence-electron chi connectivity index (χ3n) is 3.67. The van der Waals surface area contributed by atoms with Gasteiger partial charge < -0.3 is 15.0 Å². The first-order chi connectivity index (χ1) is 10.2. The van der Waals surface area contributed by atoms with Crippen molar-refractivity contribution in [2.45, 2.75) is 45.8 Å². The SMILES string of the molecule is CCOC(CC)(CC)c1noc(-c2ccnc(CN)c2)n1. The van der Waals surface area contributed by atoms with Crippen LogP contribution in [0.3, 0.4) is 0 Å². The van der Waals surface area contributed by atoms with Gasteiger partial charge >= 0.3 is 0 Å². The fourth-order valence-corrected chi connectivity index (χ4v) is 2.36. The van der Waals surface area contributed by atoms with Gasteiger partial charge in [0.15, 0.2) is 0 Å². The molecule has 2 aromatic rings. The van der Waals surface area contributed by atoms with Crippen LogP contribution in [0.2, 0.25) is 0 Å². The van der Waals surface area contributed by atoms with Crippen molar-refractivity contribution in [3.05, 3.63) is 29.8 Å². The van der Waals surface area contributed by atoms with E-state index >= 15 is 0 Å². The summed E-state index contributed by atoms with van der Waals surface area (Å²) in [6.07, 6.45) is 3.28. The lowest BCUT2D eigenvalue weighted by molar-refractivity contribution is -0.0583. The topological polar surface area (TPSA) is 87.1 Å². The van der Waals surface area contributed by atoms with Crippen molar-refractivity contribution in [3.63, 3.8) is 0 Å². The van der Waals surface area contributed by atoms with Crippen molar-refractivity contribution in [1.29, 1.82) is 0 Å². The van der Waals surface area contributed by atoms with E-state index in [1.54, 1.807) is 6.20 Å². The minimum atomic E-state index is -0.486. The van der Waals surface area contributed by atoms with Crippen LogP contribution in [0.5, 0.6) is 0 Å². The minimum Gasteiger partial charge on any atom is -0.367 e. The molecule has 21 heavy (non-hydrogen) atoms. The Hall–Kier alpha value is -1.79. The first kappa shape index (κ1) is 15.6. The van der Waals surface area contributed by atoms with Crippen molar-refractivity contribution in [3.8, 4) is 11.5 Å². The molecule has 0 unspecified atom stereocenters. The standard InChI is InChI=1S/C15H22N4O2/c1-4-15(5-2,20-6-3)14-18-13(21-19-14)11-7-8-17-12(9-11)10-16/h7-9H,4-6,10,16H2,1-3H3. The monoisotopic (exact) mass is 290 g/mol. The maximum atomic E-state index is 5.89. The van der Waals surface area contributed by atoms with Gasteiger partial charge in [0.2, 0.25) is 5.82 Å². The number of pyridine rings is 1. The molecule has 6 heteroatoms. The molecule has 0 aliphatic carbocycles. The molecule has 0 radical (unpaired) electrons. The Morgan fingerprint density at radius 2 is 2.05 bits per heavy atom. The van der Waals surface area contributed by atoms with Crippen molar-refractivity contribution in [1.82, 2.24) is 15.1 Å². The van der Waals surface area contributed by atoms with Crippen LogP contribution < -0.4 is 5.73 Å². The highest BCUT2D eigenvalue weighted by Crippen LogP contribution is 2.32. The summed E-state index contributed by atoms with van der Waals surface area (Å²) in [6.45, 7) is 7.08. The second-order valence-corrected chi connectivity index (χ2v) is 4.80. The largest absolute Gasteiger partial charge is 0.367 e. The normalized spacial score (nSPS) is 11.8. The average molecular weight is 290 g/mol. The highest BCUT2D eigenvalue weighted by molar-refractivity contribution is 5.52. The van der Waals surface area contributed by atoms with Crippen molar-refractivity contribution >= 4 is 0 Å². The Balaban J connectivity index is 2.35. The lowest BCUT2D eigenvalue weighted by Crippen LogP contribution is -2.29. The van der Waals surface area contributed by atoms with Gasteiger partial charge in [-0.2, -0.15) is 4.98 Å². The van der Waals surface area contributed by atoms with E-state index in [-0.39, 0.29) is 0 Å². The van der Waals surface area contributed by atoms with Gasteiger partial charge in [0.1, 0.15) is 5.60 Å². The summed E-state index contributed by atoms with van der Waals surface area (Å²) in [5.41, 5.74) is 6.73. The van der Waals surface area contributed by atoms with Crippen LogP contribution in [0.4, 0.5) is 0 Å². The molecule has 0 aromatic carbocycles. The molecule has 0 aliphatic heterocycles. The zero-order valence-electron chi connectivity index (χ0n) is 12.8. The molecule has 6 nitrogen and oxygen atoms in total. The molecule has 0 aliphatic rings. The summed E-state index contributed by atoms with van der Waals surface area (Å²) in [5.74, 6) is 1.06. The Kier molecular flexibility index (Phi) is 5.03. The molecular formula is C15H22N4O2. The summed E-state index contributed by atoms with van der Waals surface area (Å²) >= 11 is 0. The third kappa shape index (κ3) is 3.11. The minimum absolute atomic E-state index is 0.377. The number of hydrogen-bond acceptors (Lipinski definition) is 6. The maximum Gasteiger partial charge on any atom is 0.258 e. The molecule has 0 bridgehead atoms. The number of ether oxygens (including phenoxy) is 1. The van der Waals surface area contributed by atoms with E-state index in [1.807, 2.05) is 19.1 Å². The number of nitrogens with zero attached hydrogens (tertiary/aromatic N) is 3. The van der Waals surface area contributed by atoms with Crippen molar-refractivity contribution in [2.24, 2.45) is 5.73 Å². The van der Waals surface area contributed by atoms with Gasteiger partial charge in [0.05, 0.1) is 5.69 Å². The Morgan fingerprint density at radius 1 is 1.29 bits per heavy atom. The number of hydrogen-bond donors (Lipinski definition) is 1.